The molecule has 0 aliphatic carbocycles. The Kier molecular flexibility index (Phi) is 5.80. The van der Waals surface area contributed by atoms with Crippen LogP contribution in [0.1, 0.15) is 23.7 Å². The maximum absolute atomic E-state index is 14.0. The number of hydrogen-bond acceptors (Lipinski definition) is 2. The zero-order valence-corrected chi connectivity index (χ0v) is 13.0. The van der Waals surface area contributed by atoms with Gasteiger partial charge >= 0.3 is 5.97 Å². The lowest BCUT2D eigenvalue weighted by molar-refractivity contribution is -0.137. The molecular formula is C16H13ClF2O2S. The van der Waals surface area contributed by atoms with Crippen molar-refractivity contribution in [3.63, 3.8) is 0 Å². The lowest BCUT2D eigenvalue weighted by Gasteiger charge is -2.17. The predicted octanol–water partition coefficient (Wildman–Crippen LogP) is 5.32. The van der Waals surface area contributed by atoms with Gasteiger partial charge in [0.05, 0.1) is 0 Å². The van der Waals surface area contributed by atoms with E-state index in [2.05, 4.69) is 0 Å². The van der Waals surface area contributed by atoms with E-state index in [4.69, 9.17) is 16.7 Å². The minimum absolute atomic E-state index is 0.124. The van der Waals surface area contributed by atoms with E-state index < -0.39 is 22.9 Å². The van der Waals surface area contributed by atoms with Gasteiger partial charge in [0.2, 0.25) is 0 Å². The lowest BCUT2D eigenvalue weighted by Crippen LogP contribution is -2.03. The van der Waals surface area contributed by atoms with Gasteiger partial charge < -0.3 is 5.11 Å². The molecule has 2 aromatic rings. The summed E-state index contributed by atoms with van der Waals surface area (Å²) in [6.45, 7) is 0. The fourth-order valence-corrected chi connectivity index (χ4v) is 3.26. The summed E-state index contributed by atoms with van der Waals surface area (Å²) in [5.74, 6) is -2.06. The van der Waals surface area contributed by atoms with Gasteiger partial charge in [-0.3, -0.25) is 4.79 Å². The summed E-state index contributed by atoms with van der Waals surface area (Å²) >= 11 is 7.10. The molecule has 0 saturated heterocycles. The topological polar surface area (TPSA) is 37.3 Å². The largest absolute Gasteiger partial charge is 0.481 e. The molecule has 1 atom stereocenters. The number of carboxylic acids is 1. The average molecular weight is 343 g/mol. The van der Waals surface area contributed by atoms with E-state index in [1.807, 2.05) is 0 Å². The minimum atomic E-state index is -0.974. The molecular weight excluding hydrogens is 330 g/mol. The number of thioether (sulfide) groups is 1. The summed E-state index contributed by atoms with van der Waals surface area (Å²) in [5.41, 5.74) is 0.168. The monoisotopic (exact) mass is 342 g/mol. The highest BCUT2D eigenvalue weighted by atomic mass is 35.5. The zero-order chi connectivity index (χ0) is 16.1. The second-order valence-electron chi connectivity index (χ2n) is 4.66. The Morgan fingerprint density at radius 3 is 2.50 bits per heavy atom. The highest BCUT2D eigenvalue weighted by Gasteiger charge is 2.19. The van der Waals surface area contributed by atoms with Crippen LogP contribution in [-0.2, 0) is 4.79 Å². The van der Waals surface area contributed by atoms with Crippen molar-refractivity contribution >= 4 is 29.3 Å². The molecule has 0 saturated carbocycles. The molecule has 0 heterocycles. The first-order chi connectivity index (χ1) is 10.5. The van der Waals surface area contributed by atoms with Crippen molar-refractivity contribution < 1.29 is 18.7 Å². The van der Waals surface area contributed by atoms with E-state index in [1.165, 1.54) is 11.8 Å². The molecule has 0 aliphatic rings. The first-order valence-electron chi connectivity index (χ1n) is 6.54. The van der Waals surface area contributed by atoms with Gasteiger partial charge in [0.1, 0.15) is 11.6 Å². The van der Waals surface area contributed by atoms with E-state index in [1.54, 1.807) is 24.3 Å². The SMILES string of the molecule is O=C(O)CCC(Sc1ccc(Cl)cc1)c1cc(F)ccc1F. The summed E-state index contributed by atoms with van der Waals surface area (Å²) in [4.78, 5) is 11.6. The van der Waals surface area contributed by atoms with E-state index in [9.17, 15) is 13.6 Å². The van der Waals surface area contributed by atoms with Gasteiger partial charge in [0, 0.05) is 27.2 Å². The van der Waals surface area contributed by atoms with Crippen LogP contribution in [0.25, 0.3) is 0 Å². The van der Waals surface area contributed by atoms with Crippen molar-refractivity contribution in [2.45, 2.75) is 23.0 Å². The Balaban J connectivity index is 2.27. The van der Waals surface area contributed by atoms with Crippen molar-refractivity contribution in [3.8, 4) is 0 Å². The maximum atomic E-state index is 14.0. The molecule has 6 heteroatoms. The van der Waals surface area contributed by atoms with Gasteiger partial charge in [-0.2, -0.15) is 0 Å². The third kappa shape index (κ3) is 4.71. The summed E-state index contributed by atoms with van der Waals surface area (Å²) in [7, 11) is 0. The molecule has 0 spiro atoms. The number of rotatable bonds is 6. The van der Waals surface area contributed by atoms with E-state index in [0.717, 1.165) is 23.1 Å². The van der Waals surface area contributed by atoms with E-state index >= 15 is 0 Å². The molecule has 2 rings (SSSR count). The summed E-state index contributed by atoms with van der Waals surface area (Å²) in [6.07, 6.45) is 0.0736. The quantitative estimate of drug-likeness (QED) is 0.722. The van der Waals surface area contributed by atoms with Crippen LogP contribution >= 0.6 is 23.4 Å². The summed E-state index contributed by atoms with van der Waals surface area (Å²) < 4.78 is 27.4. The van der Waals surface area contributed by atoms with Crippen LogP contribution in [0.5, 0.6) is 0 Å². The Hall–Kier alpha value is -1.59. The average Bonchev–Trinajstić information content (AvgIpc) is 2.48. The molecule has 22 heavy (non-hydrogen) atoms. The molecule has 2 aromatic carbocycles. The van der Waals surface area contributed by atoms with Crippen LogP contribution in [0.4, 0.5) is 8.78 Å². The molecule has 0 fully saturated rings. The Bertz CT molecular complexity index is 662. The fraction of sp³-hybridized carbons (Fsp3) is 0.188. The van der Waals surface area contributed by atoms with Gasteiger partial charge in [0.15, 0.2) is 0 Å². The van der Waals surface area contributed by atoms with Gasteiger partial charge in [-0.25, -0.2) is 8.78 Å². The second kappa shape index (κ2) is 7.61. The predicted molar refractivity (Wildman–Crippen MR) is 83.3 cm³/mol. The van der Waals surface area contributed by atoms with Crippen LogP contribution in [-0.4, -0.2) is 11.1 Å². The highest BCUT2D eigenvalue weighted by Crippen LogP contribution is 2.40. The number of aliphatic carboxylic acids is 1. The number of benzene rings is 2. The zero-order valence-electron chi connectivity index (χ0n) is 11.4. The van der Waals surface area contributed by atoms with E-state index in [0.29, 0.717) is 5.02 Å². The molecule has 0 amide bonds. The normalized spacial score (nSPS) is 12.1. The molecule has 0 aliphatic heterocycles. The first kappa shape index (κ1) is 16.8. The van der Waals surface area contributed by atoms with Crippen LogP contribution < -0.4 is 0 Å². The number of carbonyl (C=O) groups is 1. The molecule has 0 bridgehead atoms. The standard InChI is InChI=1S/C16H13ClF2O2S/c17-10-1-4-12(5-2-10)22-15(7-8-16(20)21)13-9-11(18)3-6-14(13)19/h1-6,9,15H,7-8H2,(H,20,21). The number of carboxylic acid groups (broad SMARTS) is 1. The Morgan fingerprint density at radius 1 is 1.18 bits per heavy atom. The smallest absolute Gasteiger partial charge is 0.303 e. The minimum Gasteiger partial charge on any atom is -0.481 e. The molecule has 116 valence electrons. The molecule has 2 nitrogen and oxygen atoms in total. The van der Waals surface area contributed by atoms with Gasteiger partial charge in [0.25, 0.3) is 0 Å². The Labute approximate surface area is 136 Å². The van der Waals surface area contributed by atoms with Crippen LogP contribution in [0.15, 0.2) is 47.4 Å². The van der Waals surface area contributed by atoms with Crippen LogP contribution in [0.2, 0.25) is 5.02 Å². The van der Waals surface area contributed by atoms with Crippen molar-refractivity contribution in [2.75, 3.05) is 0 Å². The van der Waals surface area contributed by atoms with Gasteiger partial charge in [-0.05, 0) is 48.9 Å². The molecule has 1 N–H and O–H groups in total. The number of hydrogen-bond donors (Lipinski definition) is 1. The van der Waals surface area contributed by atoms with Crippen molar-refractivity contribution in [3.05, 3.63) is 64.7 Å². The fourth-order valence-electron chi connectivity index (χ4n) is 1.97. The van der Waals surface area contributed by atoms with Crippen molar-refractivity contribution in [1.29, 1.82) is 0 Å². The molecule has 1 unspecified atom stereocenters. The first-order valence-corrected chi connectivity index (χ1v) is 7.80. The third-order valence-corrected chi connectivity index (χ3v) is 4.59. The maximum Gasteiger partial charge on any atom is 0.303 e. The van der Waals surface area contributed by atoms with Crippen molar-refractivity contribution in [2.24, 2.45) is 0 Å². The highest BCUT2D eigenvalue weighted by molar-refractivity contribution is 7.99. The summed E-state index contributed by atoms with van der Waals surface area (Å²) in [5, 5.41) is 8.92. The van der Waals surface area contributed by atoms with Gasteiger partial charge in [-0.15, -0.1) is 11.8 Å². The lowest BCUT2D eigenvalue weighted by atomic mass is 10.1. The Morgan fingerprint density at radius 2 is 1.86 bits per heavy atom. The second-order valence-corrected chi connectivity index (χ2v) is 6.37. The van der Waals surface area contributed by atoms with Crippen LogP contribution in [0, 0.1) is 11.6 Å². The van der Waals surface area contributed by atoms with Crippen molar-refractivity contribution in [1.82, 2.24) is 0 Å². The number of halogens is 3. The summed E-state index contributed by atoms with van der Waals surface area (Å²) in [6, 6.07) is 10.1. The molecule has 0 radical (unpaired) electrons. The van der Waals surface area contributed by atoms with E-state index in [-0.39, 0.29) is 18.4 Å². The van der Waals surface area contributed by atoms with Crippen LogP contribution in [0.3, 0.4) is 0 Å². The molecule has 0 aromatic heterocycles. The third-order valence-electron chi connectivity index (χ3n) is 3.02. The van der Waals surface area contributed by atoms with Gasteiger partial charge in [-0.1, -0.05) is 11.6 Å².